The Morgan fingerprint density at radius 3 is 2.42 bits per heavy atom. The Bertz CT molecular complexity index is 716. The zero-order chi connectivity index (χ0) is 16.1. The van der Waals surface area contributed by atoms with Gasteiger partial charge in [-0.05, 0) is 74.8 Å². The van der Waals surface area contributed by atoms with Crippen LogP contribution in [0, 0.1) is 24.7 Å². The average Bonchev–Trinajstić information content (AvgIpc) is 3.01. The number of hydrogen-bond donors (Lipinski definition) is 1. The lowest BCUT2D eigenvalue weighted by molar-refractivity contribution is -0.0209. The molecule has 1 aromatic heterocycles. The first-order chi connectivity index (χ1) is 11.7. The van der Waals surface area contributed by atoms with E-state index in [4.69, 9.17) is 4.52 Å². The molecule has 0 spiro atoms. The van der Waals surface area contributed by atoms with E-state index in [1.54, 1.807) is 0 Å². The molecule has 4 aliphatic carbocycles. The second kappa shape index (κ2) is 5.41. The van der Waals surface area contributed by atoms with Crippen LogP contribution in [-0.2, 0) is 6.54 Å². The predicted molar refractivity (Wildman–Crippen MR) is 92.2 cm³/mol. The van der Waals surface area contributed by atoms with E-state index < -0.39 is 0 Å². The molecular weight excluding hydrogens is 298 g/mol. The Morgan fingerprint density at radius 1 is 1.08 bits per heavy atom. The lowest BCUT2D eigenvalue weighted by Crippen LogP contribution is -2.58. The van der Waals surface area contributed by atoms with Gasteiger partial charge in [0.25, 0.3) is 5.89 Å². The SMILES string of the molecule is Cc1ccccc1-c1nc(CNC23CC4CC(CC(C4)C2)C3)no1. The van der Waals surface area contributed by atoms with E-state index in [2.05, 4.69) is 28.4 Å². The summed E-state index contributed by atoms with van der Waals surface area (Å²) in [7, 11) is 0. The molecule has 0 radical (unpaired) electrons. The first-order valence-electron chi connectivity index (χ1n) is 9.33. The molecule has 4 aliphatic rings. The molecule has 4 heteroatoms. The van der Waals surface area contributed by atoms with Crippen LogP contribution in [0.4, 0.5) is 0 Å². The van der Waals surface area contributed by atoms with Crippen LogP contribution in [0.1, 0.15) is 49.9 Å². The summed E-state index contributed by atoms with van der Waals surface area (Å²) in [4.78, 5) is 4.62. The van der Waals surface area contributed by atoms with Crippen molar-refractivity contribution in [3.8, 4) is 11.5 Å². The maximum Gasteiger partial charge on any atom is 0.258 e. The zero-order valence-electron chi connectivity index (χ0n) is 14.3. The molecule has 126 valence electrons. The number of benzene rings is 1. The normalized spacial score (nSPS) is 34.0. The van der Waals surface area contributed by atoms with E-state index in [1.165, 1.54) is 44.1 Å². The van der Waals surface area contributed by atoms with Crippen LogP contribution in [0.25, 0.3) is 11.5 Å². The van der Waals surface area contributed by atoms with Gasteiger partial charge in [-0.1, -0.05) is 23.4 Å². The van der Waals surface area contributed by atoms with Crippen molar-refractivity contribution in [1.82, 2.24) is 15.5 Å². The fourth-order valence-corrected chi connectivity index (χ4v) is 5.84. The van der Waals surface area contributed by atoms with Gasteiger partial charge >= 0.3 is 0 Å². The van der Waals surface area contributed by atoms with Gasteiger partial charge in [0.1, 0.15) is 0 Å². The zero-order valence-corrected chi connectivity index (χ0v) is 14.3. The van der Waals surface area contributed by atoms with Gasteiger partial charge < -0.3 is 9.84 Å². The summed E-state index contributed by atoms with van der Waals surface area (Å²) in [5.41, 5.74) is 2.55. The largest absolute Gasteiger partial charge is 0.334 e. The number of hydrogen-bond acceptors (Lipinski definition) is 4. The molecule has 4 fully saturated rings. The standard InChI is InChI=1S/C20H25N3O/c1-13-4-2-3-5-17(13)19-22-18(23-24-19)12-21-20-9-14-6-15(10-20)8-16(7-14)11-20/h2-5,14-16,21H,6-12H2,1H3. The number of aromatic nitrogens is 2. The highest BCUT2D eigenvalue weighted by atomic mass is 16.5. The first-order valence-corrected chi connectivity index (χ1v) is 9.33. The van der Waals surface area contributed by atoms with Crippen molar-refractivity contribution < 1.29 is 4.52 Å². The van der Waals surface area contributed by atoms with Crippen LogP contribution in [0.2, 0.25) is 0 Å². The number of nitrogens with zero attached hydrogens (tertiary/aromatic N) is 2. The number of nitrogens with one attached hydrogen (secondary N) is 1. The highest BCUT2D eigenvalue weighted by molar-refractivity contribution is 5.57. The molecular formula is C20H25N3O. The quantitative estimate of drug-likeness (QED) is 0.920. The molecule has 24 heavy (non-hydrogen) atoms. The minimum Gasteiger partial charge on any atom is -0.334 e. The van der Waals surface area contributed by atoms with Crippen LogP contribution < -0.4 is 5.32 Å². The summed E-state index contributed by atoms with van der Waals surface area (Å²) >= 11 is 0. The van der Waals surface area contributed by atoms with Gasteiger partial charge in [0, 0.05) is 11.1 Å². The Hall–Kier alpha value is -1.68. The molecule has 0 unspecified atom stereocenters. The second-order valence-corrected chi connectivity index (χ2v) is 8.38. The second-order valence-electron chi connectivity index (χ2n) is 8.38. The van der Waals surface area contributed by atoms with Gasteiger partial charge in [-0.25, -0.2) is 0 Å². The van der Waals surface area contributed by atoms with Crippen molar-refractivity contribution >= 4 is 0 Å². The molecule has 4 bridgehead atoms. The fraction of sp³-hybridized carbons (Fsp3) is 0.600. The maximum atomic E-state index is 5.50. The van der Waals surface area contributed by atoms with Crippen molar-refractivity contribution in [1.29, 1.82) is 0 Å². The monoisotopic (exact) mass is 323 g/mol. The van der Waals surface area contributed by atoms with Gasteiger partial charge in [0.15, 0.2) is 5.82 Å². The average molecular weight is 323 g/mol. The lowest BCUT2D eigenvalue weighted by atomic mass is 9.53. The van der Waals surface area contributed by atoms with Crippen molar-refractivity contribution in [2.45, 2.75) is 57.5 Å². The van der Waals surface area contributed by atoms with E-state index in [0.717, 1.165) is 35.7 Å². The minimum absolute atomic E-state index is 0.345. The smallest absolute Gasteiger partial charge is 0.258 e. The number of rotatable bonds is 4. The molecule has 6 rings (SSSR count). The van der Waals surface area contributed by atoms with Crippen LogP contribution in [0.3, 0.4) is 0 Å². The van der Waals surface area contributed by atoms with Gasteiger partial charge in [-0.2, -0.15) is 4.98 Å². The van der Waals surface area contributed by atoms with Gasteiger partial charge in [0.2, 0.25) is 0 Å². The van der Waals surface area contributed by atoms with E-state index >= 15 is 0 Å². The maximum absolute atomic E-state index is 5.50. The Labute approximate surface area is 143 Å². The van der Waals surface area contributed by atoms with Gasteiger partial charge in [0.05, 0.1) is 6.54 Å². The highest BCUT2D eigenvalue weighted by Gasteiger charge is 2.50. The minimum atomic E-state index is 0.345. The molecule has 1 N–H and O–H groups in total. The molecule has 0 amide bonds. The molecule has 2 aromatic rings. The Morgan fingerprint density at radius 2 is 1.75 bits per heavy atom. The Kier molecular flexibility index (Phi) is 3.30. The third-order valence-corrected chi connectivity index (χ3v) is 6.50. The summed E-state index contributed by atoms with van der Waals surface area (Å²) in [6, 6.07) is 8.16. The third kappa shape index (κ3) is 2.48. The summed E-state index contributed by atoms with van der Waals surface area (Å²) in [5, 5.41) is 8.04. The van der Waals surface area contributed by atoms with Gasteiger partial charge in [-0.15, -0.1) is 0 Å². The molecule has 0 atom stereocenters. The topological polar surface area (TPSA) is 51.0 Å². The number of aryl methyl sites for hydroxylation is 1. The van der Waals surface area contributed by atoms with Crippen molar-refractivity contribution in [3.63, 3.8) is 0 Å². The van der Waals surface area contributed by atoms with Crippen molar-refractivity contribution in [2.24, 2.45) is 17.8 Å². The van der Waals surface area contributed by atoms with Crippen LogP contribution in [-0.4, -0.2) is 15.7 Å². The molecule has 4 saturated carbocycles. The lowest BCUT2D eigenvalue weighted by Gasteiger charge is -2.57. The third-order valence-electron chi connectivity index (χ3n) is 6.50. The van der Waals surface area contributed by atoms with E-state index in [9.17, 15) is 0 Å². The fourth-order valence-electron chi connectivity index (χ4n) is 5.84. The summed E-state index contributed by atoms with van der Waals surface area (Å²) in [6.07, 6.45) is 8.46. The van der Waals surface area contributed by atoms with Gasteiger partial charge in [-0.3, -0.25) is 0 Å². The summed E-state index contributed by atoms with van der Waals surface area (Å²) in [5.74, 6) is 4.28. The van der Waals surface area contributed by atoms with E-state index in [0.29, 0.717) is 11.4 Å². The molecule has 0 saturated heterocycles. The molecule has 0 aliphatic heterocycles. The van der Waals surface area contributed by atoms with Crippen molar-refractivity contribution in [3.05, 3.63) is 35.7 Å². The summed E-state index contributed by atoms with van der Waals surface area (Å²) < 4.78 is 5.50. The molecule has 1 aromatic carbocycles. The van der Waals surface area contributed by atoms with Crippen LogP contribution >= 0.6 is 0 Å². The summed E-state index contributed by atoms with van der Waals surface area (Å²) in [6.45, 7) is 2.80. The van der Waals surface area contributed by atoms with Crippen LogP contribution in [0.15, 0.2) is 28.8 Å². The van der Waals surface area contributed by atoms with E-state index in [-0.39, 0.29) is 0 Å². The van der Waals surface area contributed by atoms with Crippen LogP contribution in [0.5, 0.6) is 0 Å². The molecule has 4 nitrogen and oxygen atoms in total. The Balaban J connectivity index is 1.30. The van der Waals surface area contributed by atoms with E-state index in [1.807, 2.05) is 18.2 Å². The first kappa shape index (κ1) is 14.6. The molecule has 1 heterocycles. The highest BCUT2D eigenvalue weighted by Crippen LogP contribution is 2.55. The van der Waals surface area contributed by atoms with Crippen molar-refractivity contribution in [2.75, 3.05) is 0 Å². The predicted octanol–water partition coefficient (Wildman–Crippen LogP) is 4.10.